The summed E-state index contributed by atoms with van der Waals surface area (Å²) in [4.78, 5) is 20.2. The standard InChI is InChI=1S/C23H24N2O/c1-15-10-11-16(2)19(14-15)22-17(3)21(23(26)25-12-6-7-13-25)18-8-4-5-9-20(18)24-22/h4-5,8-11,14H,6-7,12-13H2,1-3H3. The fraction of sp³-hybridized carbons (Fsp3) is 0.304. The number of nitrogens with zero attached hydrogens (tertiary/aromatic N) is 2. The lowest BCUT2D eigenvalue weighted by molar-refractivity contribution is 0.0794. The fourth-order valence-electron chi connectivity index (χ4n) is 3.91. The van der Waals surface area contributed by atoms with E-state index in [9.17, 15) is 4.79 Å². The number of aromatic nitrogens is 1. The van der Waals surface area contributed by atoms with Gasteiger partial charge in [0.25, 0.3) is 5.91 Å². The average Bonchev–Trinajstić information content (AvgIpc) is 3.18. The second-order valence-electron chi connectivity index (χ2n) is 7.30. The summed E-state index contributed by atoms with van der Waals surface area (Å²) in [5.41, 5.74) is 7.10. The first kappa shape index (κ1) is 16.8. The number of carbonyl (C=O) groups excluding carboxylic acids is 1. The van der Waals surface area contributed by atoms with Gasteiger partial charge in [-0.25, -0.2) is 4.98 Å². The Morgan fingerprint density at radius 2 is 1.73 bits per heavy atom. The minimum absolute atomic E-state index is 0.144. The Morgan fingerprint density at radius 3 is 2.50 bits per heavy atom. The molecule has 132 valence electrons. The molecule has 4 rings (SSSR count). The van der Waals surface area contributed by atoms with Crippen LogP contribution in [-0.2, 0) is 0 Å². The summed E-state index contributed by atoms with van der Waals surface area (Å²) < 4.78 is 0. The van der Waals surface area contributed by atoms with Gasteiger partial charge >= 0.3 is 0 Å². The van der Waals surface area contributed by atoms with E-state index in [1.165, 1.54) is 11.1 Å². The van der Waals surface area contributed by atoms with Crippen LogP contribution in [0.15, 0.2) is 42.5 Å². The number of likely N-dealkylation sites (tertiary alicyclic amines) is 1. The predicted molar refractivity (Wildman–Crippen MR) is 107 cm³/mol. The van der Waals surface area contributed by atoms with Crippen molar-refractivity contribution in [2.45, 2.75) is 33.6 Å². The molecule has 0 N–H and O–H groups in total. The molecular weight excluding hydrogens is 320 g/mol. The Kier molecular flexibility index (Phi) is 4.23. The average molecular weight is 344 g/mol. The van der Waals surface area contributed by atoms with Gasteiger partial charge in [-0.1, -0.05) is 35.9 Å². The Labute approximate surface area is 154 Å². The van der Waals surface area contributed by atoms with Crippen molar-refractivity contribution in [3.8, 4) is 11.3 Å². The lowest BCUT2D eigenvalue weighted by Crippen LogP contribution is -2.28. The van der Waals surface area contributed by atoms with Crippen LogP contribution in [-0.4, -0.2) is 28.9 Å². The highest BCUT2D eigenvalue weighted by Gasteiger charge is 2.25. The smallest absolute Gasteiger partial charge is 0.254 e. The maximum Gasteiger partial charge on any atom is 0.254 e. The maximum atomic E-state index is 13.3. The zero-order valence-electron chi connectivity index (χ0n) is 15.7. The SMILES string of the molecule is Cc1ccc(C)c(-c2nc3ccccc3c(C(=O)N3CCCC3)c2C)c1. The molecule has 1 aliphatic heterocycles. The van der Waals surface area contributed by atoms with Gasteiger partial charge in [-0.3, -0.25) is 4.79 Å². The quantitative estimate of drug-likeness (QED) is 0.651. The van der Waals surface area contributed by atoms with Crippen LogP contribution >= 0.6 is 0 Å². The highest BCUT2D eigenvalue weighted by Crippen LogP contribution is 2.33. The Morgan fingerprint density at radius 1 is 1.00 bits per heavy atom. The van der Waals surface area contributed by atoms with Crippen molar-refractivity contribution >= 4 is 16.8 Å². The lowest BCUT2D eigenvalue weighted by Gasteiger charge is -2.20. The molecule has 0 atom stereocenters. The number of carbonyl (C=O) groups is 1. The number of para-hydroxylation sites is 1. The molecule has 0 aliphatic carbocycles. The fourth-order valence-corrected chi connectivity index (χ4v) is 3.91. The minimum atomic E-state index is 0.144. The van der Waals surface area contributed by atoms with Crippen molar-refractivity contribution in [3.05, 3.63) is 64.7 Å². The first-order chi connectivity index (χ1) is 12.6. The molecule has 1 aromatic heterocycles. The topological polar surface area (TPSA) is 33.2 Å². The normalized spacial score (nSPS) is 14.2. The Bertz CT molecular complexity index is 1000. The summed E-state index contributed by atoms with van der Waals surface area (Å²) >= 11 is 0. The van der Waals surface area contributed by atoms with Gasteiger partial charge in [0.2, 0.25) is 0 Å². The van der Waals surface area contributed by atoms with Crippen molar-refractivity contribution in [1.29, 1.82) is 0 Å². The van der Waals surface area contributed by atoms with Crippen LogP contribution < -0.4 is 0 Å². The number of pyridine rings is 1. The van der Waals surface area contributed by atoms with E-state index in [0.717, 1.165) is 59.2 Å². The van der Waals surface area contributed by atoms with Gasteiger partial charge in [0.15, 0.2) is 0 Å². The molecule has 0 bridgehead atoms. The van der Waals surface area contributed by atoms with E-state index in [-0.39, 0.29) is 5.91 Å². The molecule has 1 amide bonds. The molecule has 3 aromatic rings. The van der Waals surface area contributed by atoms with Crippen LogP contribution in [0.3, 0.4) is 0 Å². The van der Waals surface area contributed by atoms with Crippen molar-refractivity contribution < 1.29 is 4.79 Å². The summed E-state index contributed by atoms with van der Waals surface area (Å²) in [6.45, 7) is 7.95. The van der Waals surface area contributed by atoms with E-state index in [4.69, 9.17) is 4.98 Å². The molecule has 26 heavy (non-hydrogen) atoms. The molecule has 1 fully saturated rings. The number of hydrogen-bond acceptors (Lipinski definition) is 2. The molecule has 1 aliphatic rings. The summed E-state index contributed by atoms with van der Waals surface area (Å²) in [5, 5.41) is 0.955. The first-order valence-electron chi connectivity index (χ1n) is 9.32. The van der Waals surface area contributed by atoms with Crippen LogP contribution in [0, 0.1) is 20.8 Å². The van der Waals surface area contributed by atoms with Gasteiger partial charge in [-0.05, 0) is 56.9 Å². The van der Waals surface area contributed by atoms with Gasteiger partial charge < -0.3 is 4.90 Å². The molecule has 0 spiro atoms. The van der Waals surface area contributed by atoms with Crippen molar-refractivity contribution in [1.82, 2.24) is 9.88 Å². The van der Waals surface area contributed by atoms with Crippen LogP contribution in [0.4, 0.5) is 0 Å². The summed E-state index contributed by atoms with van der Waals surface area (Å²) in [6.07, 6.45) is 2.19. The first-order valence-corrected chi connectivity index (χ1v) is 9.32. The summed E-state index contributed by atoms with van der Waals surface area (Å²) in [7, 11) is 0. The van der Waals surface area contributed by atoms with Crippen molar-refractivity contribution in [3.63, 3.8) is 0 Å². The number of aryl methyl sites for hydroxylation is 2. The predicted octanol–water partition coefficient (Wildman–Crippen LogP) is 5.06. The number of benzene rings is 2. The zero-order valence-corrected chi connectivity index (χ0v) is 15.7. The number of rotatable bonds is 2. The molecule has 2 aromatic carbocycles. The second-order valence-corrected chi connectivity index (χ2v) is 7.30. The summed E-state index contributed by atoms with van der Waals surface area (Å²) in [5.74, 6) is 0.144. The lowest BCUT2D eigenvalue weighted by atomic mass is 9.94. The van der Waals surface area contributed by atoms with Crippen LogP contribution in [0.2, 0.25) is 0 Å². The third-order valence-corrected chi connectivity index (χ3v) is 5.39. The Balaban J connectivity index is 1.99. The van der Waals surface area contributed by atoms with E-state index < -0.39 is 0 Å². The van der Waals surface area contributed by atoms with Crippen molar-refractivity contribution in [2.75, 3.05) is 13.1 Å². The molecule has 2 heterocycles. The van der Waals surface area contributed by atoms with E-state index >= 15 is 0 Å². The third kappa shape index (κ3) is 2.78. The largest absolute Gasteiger partial charge is 0.339 e. The van der Waals surface area contributed by atoms with Crippen LogP contribution in [0.5, 0.6) is 0 Å². The van der Waals surface area contributed by atoms with Gasteiger partial charge in [0.1, 0.15) is 0 Å². The maximum absolute atomic E-state index is 13.3. The highest BCUT2D eigenvalue weighted by molar-refractivity contribution is 6.09. The number of amides is 1. The zero-order chi connectivity index (χ0) is 18.3. The Hall–Kier alpha value is -2.68. The second kappa shape index (κ2) is 6.56. The van der Waals surface area contributed by atoms with Crippen LogP contribution in [0.25, 0.3) is 22.2 Å². The third-order valence-electron chi connectivity index (χ3n) is 5.39. The number of fused-ring (bicyclic) bond motifs is 1. The van der Waals surface area contributed by atoms with E-state index in [2.05, 4.69) is 32.0 Å². The molecule has 0 radical (unpaired) electrons. The van der Waals surface area contributed by atoms with Gasteiger partial charge in [-0.2, -0.15) is 0 Å². The molecule has 3 heteroatoms. The van der Waals surface area contributed by atoms with E-state index in [1.54, 1.807) is 0 Å². The minimum Gasteiger partial charge on any atom is -0.339 e. The summed E-state index contributed by atoms with van der Waals surface area (Å²) in [6, 6.07) is 14.4. The van der Waals surface area contributed by atoms with Gasteiger partial charge in [-0.15, -0.1) is 0 Å². The molecule has 0 unspecified atom stereocenters. The number of hydrogen-bond donors (Lipinski definition) is 0. The van der Waals surface area contributed by atoms with Gasteiger partial charge in [0, 0.05) is 24.0 Å². The molecular formula is C23H24N2O. The van der Waals surface area contributed by atoms with Crippen molar-refractivity contribution in [2.24, 2.45) is 0 Å². The highest BCUT2D eigenvalue weighted by atomic mass is 16.2. The van der Waals surface area contributed by atoms with Crippen LogP contribution in [0.1, 0.15) is 39.9 Å². The molecule has 1 saturated heterocycles. The van der Waals surface area contributed by atoms with E-state index in [1.807, 2.05) is 36.1 Å². The van der Waals surface area contributed by atoms with Gasteiger partial charge in [0.05, 0.1) is 16.8 Å². The van der Waals surface area contributed by atoms with E-state index in [0.29, 0.717) is 0 Å². The monoisotopic (exact) mass is 344 g/mol. The molecule has 0 saturated carbocycles. The molecule has 3 nitrogen and oxygen atoms in total.